The van der Waals surface area contributed by atoms with Gasteiger partial charge in [-0.15, -0.1) is 0 Å². The highest BCUT2D eigenvalue weighted by molar-refractivity contribution is 5.76. The molecule has 1 atom stereocenters. The minimum absolute atomic E-state index is 0.0825. The quantitative estimate of drug-likeness (QED) is 0.692. The van der Waals surface area contributed by atoms with Gasteiger partial charge in [0.2, 0.25) is 5.91 Å². The third kappa shape index (κ3) is 4.18. The molecule has 0 saturated carbocycles. The number of nitrogens with two attached hydrogens (primary N) is 1. The summed E-state index contributed by atoms with van der Waals surface area (Å²) in [4.78, 5) is 13.7. The Hall–Kier alpha value is -0.610. The third-order valence-corrected chi connectivity index (χ3v) is 3.06. The number of carbonyl (C=O) groups is 1. The lowest BCUT2D eigenvalue weighted by Gasteiger charge is -2.34. The Kier molecular flexibility index (Phi) is 5.65. The molecule has 1 aliphatic heterocycles. The smallest absolute Gasteiger partial charge is 0.221 e. The fraction of sp³-hybridized carbons (Fsp3) is 0.909. The summed E-state index contributed by atoms with van der Waals surface area (Å²) in [7, 11) is 0. The average molecular weight is 213 g/mol. The van der Waals surface area contributed by atoms with Crippen LogP contribution in [0.3, 0.4) is 0 Å². The van der Waals surface area contributed by atoms with Gasteiger partial charge < -0.3 is 11.1 Å². The largest absolute Gasteiger partial charge is 0.354 e. The molecule has 1 rings (SSSR count). The van der Waals surface area contributed by atoms with Crippen LogP contribution in [-0.2, 0) is 4.79 Å². The van der Waals surface area contributed by atoms with E-state index >= 15 is 0 Å². The molecule has 0 aliphatic carbocycles. The van der Waals surface area contributed by atoms with E-state index < -0.39 is 0 Å². The number of amides is 1. The molecular formula is C11H23N3O. The predicted molar refractivity (Wildman–Crippen MR) is 61.6 cm³/mol. The fourth-order valence-corrected chi connectivity index (χ4v) is 2.16. The van der Waals surface area contributed by atoms with Gasteiger partial charge in [0.1, 0.15) is 0 Å². The summed E-state index contributed by atoms with van der Waals surface area (Å²) in [6.07, 6.45) is 4.23. The molecule has 4 nitrogen and oxygen atoms in total. The monoisotopic (exact) mass is 213 g/mol. The first-order chi connectivity index (χ1) is 7.27. The molecular weight excluding hydrogens is 190 g/mol. The second-order valence-corrected chi connectivity index (χ2v) is 4.12. The Balaban J connectivity index is 2.26. The fourth-order valence-electron chi connectivity index (χ4n) is 2.16. The van der Waals surface area contributed by atoms with Gasteiger partial charge in [-0.3, -0.25) is 9.69 Å². The SMILES string of the molecule is CCN1CCCCC1CNC(=O)CCN. The number of nitrogens with one attached hydrogen (secondary N) is 1. The molecule has 1 amide bonds. The Morgan fingerprint density at radius 1 is 1.53 bits per heavy atom. The summed E-state index contributed by atoms with van der Waals surface area (Å²) < 4.78 is 0. The van der Waals surface area contributed by atoms with Crippen LogP contribution in [0.1, 0.15) is 32.6 Å². The molecule has 88 valence electrons. The van der Waals surface area contributed by atoms with Crippen molar-refractivity contribution in [3.8, 4) is 0 Å². The van der Waals surface area contributed by atoms with Crippen molar-refractivity contribution in [1.82, 2.24) is 10.2 Å². The second kappa shape index (κ2) is 6.80. The van der Waals surface area contributed by atoms with Gasteiger partial charge in [0.25, 0.3) is 0 Å². The van der Waals surface area contributed by atoms with Gasteiger partial charge >= 0.3 is 0 Å². The van der Waals surface area contributed by atoms with Gasteiger partial charge in [0.05, 0.1) is 0 Å². The zero-order valence-electron chi connectivity index (χ0n) is 9.67. The van der Waals surface area contributed by atoms with Crippen LogP contribution in [0.2, 0.25) is 0 Å². The minimum atomic E-state index is 0.0825. The molecule has 1 heterocycles. The van der Waals surface area contributed by atoms with Crippen molar-refractivity contribution >= 4 is 5.91 Å². The molecule has 0 bridgehead atoms. The Morgan fingerprint density at radius 2 is 2.33 bits per heavy atom. The van der Waals surface area contributed by atoms with E-state index in [1.165, 1.54) is 25.8 Å². The van der Waals surface area contributed by atoms with Gasteiger partial charge in [-0.25, -0.2) is 0 Å². The van der Waals surface area contributed by atoms with E-state index in [0.717, 1.165) is 13.1 Å². The molecule has 15 heavy (non-hydrogen) atoms. The van der Waals surface area contributed by atoms with Gasteiger partial charge in [0, 0.05) is 25.6 Å². The number of carbonyl (C=O) groups excluding carboxylic acids is 1. The van der Waals surface area contributed by atoms with E-state index in [4.69, 9.17) is 5.73 Å². The molecule has 1 aliphatic rings. The minimum Gasteiger partial charge on any atom is -0.354 e. The summed E-state index contributed by atoms with van der Waals surface area (Å²) in [5.41, 5.74) is 5.32. The summed E-state index contributed by atoms with van der Waals surface area (Å²) in [6.45, 7) is 5.66. The summed E-state index contributed by atoms with van der Waals surface area (Å²) in [5, 5.41) is 2.96. The van der Waals surface area contributed by atoms with E-state index in [0.29, 0.717) is 19.0 Å². The second-order valence-electron chi connectivity index (χ2n) is 4.12. The highest BCUT2D eigenvalue weighted by Gasteiger charge is 2.20. The Labute approximate surface area is 92.2 Å². The van der Waals surface area contributed by atoms with Crippen LogP contribution in [0.5, 0.6) is 0 Å². The molecule has 1 fully saturated rings. The molecule has 0 aromatic carbocycles. The van der Waals surface area contributed by atoms with Crippen molar-refractivity contribution in [2.75, 3.05) is 26.2 Å². The Bertz CT molecular complexity index is 196. The van der Waals surface area contributed by atoms with Crippen molar-refractivity contribution in [3.63, 3.8) is 0 Å². The van der Waals surface area contributed by atoms with Gasteiger partial charge in [-0.2, -0.15) is 0 Å². The van der Waals surface area contributed by atoms with E-state index in [1.807, 2.05) is 0 Å². The number of piperidine rings is 1. The van der Waals surface area contributed by atoms with E-state index in [-0.39, 0.29) is 5.91 Å². The number of rotatable bonds is 5. The van der Waals surface area contributed by atoms with Gasteiger partial charge in [-0.1, -0.05) is 13.3 Å². The average Bonchev–Trinajstić information content (AvgIpc) is 2.27. The lowest BCUT2D eigenvalue weighted by molar-refractivity contribution is -0.121. The summed E-state index contributed by atoms with van der Waals surface area (Å²) in [6, 6.07) is 0.533. The highest BCUT2D eigenvalue weighted by atomic mass is 16.1. The molecule has 1 unspecified atom stereocenters. The first-order valence-electron chi connectivity index (χ1n) is 5.98. The van der Waals surface area contributed by atoms with Crippen LogP contribution in [-0.4, -0.2) is 43.0 Å². The molecule has 0 spiro atoms. The van der Waals surface area contributed by atoms with E-state index in [2.05, 4.69) is 17.1 Å². The van der Waals surface area contributed by atoms with Crippen molar-refractivity contribution in [2.24, 2.45) is 5.73 Å². The lowest BCUT2D eigenvalue weighted by atomic mass is 10.0. The maximum atomic E-state index is 11.3. The maximum absolute atomic E-state index is 11.3. The van der Waals surface area contributed by atoms with Crippen LogP contribution >= 0.6 is 0 Å². The number of nitrogens with zero attached hydrogens (tertiary/aromatic N) is 1. The number of hydrogen-bond donors (Lipinski definition) is 2. The topological polar surface area (TPSA) is 58.4 Å². The van der Waals surface area contributed by atoms with Gasteiger partial charge in [-0.05, 0) is 25.9 Å². The van der Waals surface area contributed by atoms with Crippen LogP contribution in [0, 0.1) is 0 Å². The highest BCUT2D eigenvalue weighted by Crippen LogP contribution is 2.15. The lowest BCUT2D eigenvalue weighted by Crippen LogP contribution is -2.46. The Morgan fingerprint density at radius 3 is 3.00 bits per heavy atom. The maximum Gasteiger partial charge on any atom is 0.221 e. The molecule has 0 aromatic heterocycles. The van der Waals surface area contributed by atoms with Crippen LogP contribution in [0.4, 0.5) is 0 Å². The zero-order valence-corrected chi connectivity index (χ0v) is 9.67. The standard InChI is InChI=1S/C11H23N3O/c1-2-14-8-4-3-5-10(14)9-13-11(15)6-7-12/h10H,2-9,12H2,1H3,(H,13,15). The first-order valence-corrected chi connectivity index (χ1v) is 5.98. The molecule has 0 radical (unpaired) electrons. The van der Waals surface area contributed by atoms with Crippen molar-refractivity contribution in [1.29, 1.82) is 0 Å². The first kappa shape index (κ1) is 12.5. The number of hydrogen-bond acceptors (Lipinski definition) is 3. The van der Waals surface area contributed by atoms with Crippen molar-refractivity contribution in [2.45, 2.75) is 38.6 Å². The zero-order chi connectivity index (χ0) is 11.1. The molecule has 1 saturated heterocycles. The van der Waals surface area contributed by atoms with Crippen LogP contribution in [0.15, 0.2) is 0 Å². The van der Waals surface area contributed by atoms with Crippen molar-refractivity contribution in [3.05, 3.63) is 0 Å². The molecule has 3 N–H and O–H groups in total. The van der Waals surface area contributed by atoms with E-state index in [1.54, 1.807) is 0 Å². The normalized spacial score (nSPS) is 22.7. The van der Waals surface area contributed by atoms with Crippen LogP contribution in [0.25, 0.3) is 0 Å². The van der Waals surface area contributed by atoms with E-state index in [9.17, 15) is 4.79 Å². The molecule has 0 aromatic rings. The molecule has 4 heteroatoms. The van der Waals surface area contributed by atoms with Gasteiger partial charge in [0.15, 0.2) is 0 Å². The number of likely N-dealkylation sites (tertiary alicyclic amines) is 1. The summed E-state index contributed by atoms with van der Waals surface area (Å²) >= 11 is 0. The summed E-state index contributed by atoms with van der Waals surface area (Å²) in [5.74, 6) is 0.0825. The van der Waals surface area contributed by atoms with Crippen LogP contribution < -0.4 is 11.1 Å². The predicted octanol–water partition coefficient (Wildman–Crippen LogP) is 0.326. The third-order valence-electron chi connectivity index (χ3n) is 3.06. The van der Waals surface area contributed by atoms with Crippen molar-refractivity contribution < 1.29 is 4.79 Å². The number of likely N-dealkylation sites (N-methyl/N-ethyl adjacent to an activating group) is 1.